The number of H-pyrrole nitrogens is 1. The molecule has 1 heterocycles. The van der Waals surface area contributed by atoms with Crippen molar-refractivity contribution in [3.05, 3.63) is 16.7 Å². The Morgan fingerprint density at radius 2 is 2.54 bits per heavy atom. The Labute approximate surface area is 73.1 Å². The number of aromatic nitrogens is 3. The van der Waals surface area contributed by atoms with E-state index in [0.717, 1.165) is 0 Å². The van der Waals surface area contributed by atoms with E-state index in [1.165, 1.54) is 13.3 Å². The van der Waals surface area contributed by atoms with Gasteiger partial charge in [0, 0.05) is 0 Å². The maximum Gasteiger partial charge on any atom is 0.363 e. The second-order valence-corrected chi connectivity index (χ2v) is 2.10. The highest BCUT2D eigenvalue weighted by Gasteiger charge is 2.00. The van der Waals surface area contributed by atoms with Gasteiger partial charge in [-0.3, -0.25) is 4.79 Å². The summed E-state index contributed by atoms with van der Waals surface area (Å²) in [5.41, 5.74) is -0.574. The van der Waals surface area contributed by atoms with E-state index in [1.54, 1.807) is 0 Å². The Morgan fingerprint density at radius 1 is 1.77 bits per heavy atom. The highest BCUT2D eigenvalue weighted by Crippen LogP contribution is 1.91. The van der Waals surface area contributed by atoms with E-state index in [9.17, 15) is 9.59 Å². The molecule has 0 saturated heterocycles. The number of rotatable bonds is 3. The van der Waals surface area contributed by atoms with Gasteiger partial charge in [0.05, 0.1) is 13.3 Å². The molecule has 0 aliphatic heterocycles. The normalized spacial score (nSPS) is 9.31. The van der Waals surface area contributed by atoms with Gasteiger partial charge < -0.3 is 10.1 Å². The predicted molar refractivity (Wildman–Crippen MR) is 43.2 cm³/mol. The van der Waals surface area contributed by atoms with Crippen molar-refractivity contribution in [2.45, 2.75) is 0 Å². The first-order valence-electron chi connectivity index (χ1n) is 3.45. The Bertz CT molecular complexity index is 348. The number of nitrogens with zero attached hydrogens (tertiary/aromatic N) is 2. The van der Waals surface area contributed by atoms with Crippen LogP contribution < -0.4 is 11.0 Å². The molecule has 7 nitrogen and oxygen atoms in total. The number of esters is 1. The standard InChI is InChI=1S/C6H8N4O3/c1-13-5(11)3-7-4-2-8-10-6(12)9-4/h2H,3H2,1H3,(H2,7,9,10,12). The third-order valence-electron chi connectivity index (χ3n) is 1.21. The Balaban J connectivity index is 2.55. The van der Waals surface area contributed by atoms with Crippen LogP contribution in [0.25, 0.3) is 0 Å². The lowest BCUT2D eigenvalue weighted by Crippen LogP contribution is -2.19. The molecule has 1 rings (SSSR count). The van der Waals surface area contributed by atoms with Gasteiger partial charge in [0.1, 0.15) is 6.54 Å². The number of aromatic amines is 1. The van der Waals surface area contributed by atoms with Crippen LogP contribution >= 0.6 is 0 Å². The molecule has 0 aliphatic rings. The molecule has 0 fully saturated rings. The maximum atomic E-state index is 10.7. The summed E-state index contributed by atoms with van der Waals surface area (Å²) in [5.74, 6) is -0.212. The van der Waals surface area contributed by atoms with Gasteiger partial charge in [-0.05, 0) is 0 Å². The SMILES string of the molecule is COC(=O)CNc1cn[nH]c(=O)n1. The molecule has 0 amide bonds. The molecule has 0 aromatic carbocycles. The largest absolute Gasteiger partial charge is 0.468 e. The van der Waals surface area contributed by atoms with Gasteiger partial charge in [-0.25, -0.2) is 9.89 Å². The van der Waals surface area contributed by atoms with Crippen molar-refractivity contribution < 1.29 is 9.53 Å². The molecule has 0 aliphatic carbocycles. The molecule has 7 heteroatoms. The first-order chi connectivity index (χ1) is 6.22. The lowest BCUT2D eigenvalue weighted by Gasteiger charge is -2.01. The van der Waals surface area contributed by atoms with E-state index >= 15 is 0 Å². The third-order valence-corrected chi connectivity index (χ3v) is 1.21. The Kier molecular flexibility index (Phi) is 2.96. The van der Waals surface area contributed by atoms with Gasteiger partial charge in [0.2, 0.25) is 0 Å². The van der Waals surface area contributed by atoms with Crippen LogP contribution in [0.2, 0.25) is 0 Å². The first kappa shape index (κ1) is 9.17. The number of ether oxygens (including phenoxy) is 1. The van der Waals surface area contributed by atoms with Crippen LogP contribution in [0.15, 0.2) is 11.0 Å². The molecule has 0 saturated carbocycles. The van der Waals surface area contributed by atoms with Crippen molar-refractivity contribution in [3.63, 3.8) is 0 Å². The number of hydrogen-bond acceptors (Lipinski definition) is 6. The van der Waals surface area contributed by atoms with Crippen molar-refractivity contribution in [2.24, 2.45) is 0 Å². The summed E-state index contributed by atoms with van der Waals surface area (Å²) in [6.07, 6.45) is 1.30. The lowest BCUT2D eigenvalue weighted by molar-refractivity contribution is -0.138. The van der Waals surface area contributed by atoms with Crippen LogP contribution in [0, 0.1) is 0 Å². The van der Waals surface area contributed by atoms with Crippen molar-refractivity contribution in [1.29, 1.82) is 0 Å². The predicted octanol–water partition coefficient (Wildman–Crippen LogP) is -1.25. The van der Waals surface area contributed by atoms with Crippen LogP contribution in [-0.2, 0) is 9.53 Å². The number of anilines is 1. The molecular formula is C6H8N4O3. The van der Waals surface area contributed by atoms with Crippen LogP contribution in [-0.4, -0.2) is 34.8 Å². The van der Waals surface area contributed by atoms with Crippen LogP contribution in [0.3, 0.4) is 0 Å². The molecule has 1 aromatic heterocycles. The second kappa shape index (κ2) is 4.19. The molecule has 0 unspecified atom stereocenters. The minimum atomic E-state index is -0.574. The van der Waals surface area contributed by atoms with Crippen LogP contribution in [0.1, 0.15) is 0 Å². The monoisotopic (exact) mass is 184 g/mol. The van der Waals surface area contributed by atoms with E-state index in [1.807, 2.05) is 0 Å². The fraction of sp³-hybridized carbons (Fsp3) is 0.333. The van der Waals surface area contributed by atoms with E-state index in [2.05, 4.69) is 25.2 Å². The molecule has 2 N–H and O–H groups in total. The zero-order valence-electron chi connectivity index (χ0n) is 6.90. The summed E-state index contributed by atoms with van der Waals surface area (Å²) in [6.45, 7) is -0.0470. The fourth-order valence-electron chi connectivity index (χ4n) is 0.632. The molecule has 0 radical (unpaired) electrons. The number of carbonyl (C=O) groups excluding carboxylic acids is 1. The average Bonchev–Trinajstić information content (AvgIpc) is 2.14. The van der Waals surface area contributed by atoms with Gasteiger partial charge in [0.15, 0.2) is 5.82 Å². The minimum absolute atomic E-state index is 0.0470. The molecule has 70 valence electrons. The number of carbonyl (C=O) groups is 1. The Hall–Kier alpha value is -1.92. The van der Waals surface area contributed by atoms with E-state index in [-0.39, 0.29) is 12.4 Å². The third kappa shape index (κ3) is 2.89. The summed E-state index contributed by atoms with van der Waals surface area (Å²) in [6, 6.07) is 0. The van der Waals surface area contributed by atoms with E-state index in [0.29, 0.717) is 0 Å². The van der Waals surface area contributed by atoms with Gasteiger partial charge >= 0.3 is 11.7 Å². The Morgan fingerprint density at radius 3 is 3.15 bits per heavy atom. The van der Waals surface area contributed by atoms with E-state index < -0.39 is 11.7 Å². The quantitative estimate of drug-likeness (QED) is 0.569. The first-order valence-corrected chi connectivity index (χ1v) is 3.45. The number of nitrogens with one attached hydrogen (secondary N) is 2. The van der Waals surface area contributed by atoms with Crippen LogP contribution in [0.4, 0.5) is 5.82 Å². The van der Waals surface area contributed by atoms with Crippen LogP contribution in [0.5, 0.6) is 0 Å². The average molecular weight is 184 g/mol. The molecule has 1 aromatic rings. The van der Waals surface area contributed by atoms with Gasteiger partial charge in [-0.15, -0.1) is 0 Å². The number of hydrogen-bond donors (Lipinski definition) is 2. The van der Waals surface area contributed by atoms with Crippen molar-refractivity contribution in [2.75, 3.05) is 19.0 Å². The van der Waals surface area contributed by atoms with E-state index in [4.69, 9.17) is 0 Å². The highest BCUT2D eigenvalue weighted by atomic mass is 16.5. The molecular weight excluding hydrogens is 176 g/mol. The summed E-state index contributed by atoms with van der Waals surface area (Å²) >= 11 is 0. The minimum Gasteiger partial charge on any atom is -0.468 e. The maximum absolute atomic E-state index is 10.7. The lowest BCUT2D eigenvalue weighted by atomic mass is 10.6. The summed E-state index contributed by atoms with van der Waals surface area (Å²) < 4.78 is 4.37. The van der Waals surface area contributed by atoms with Crippen molar-refractivity contribution in [1.82, 2.24) is 15.2 Å². The summed E-state index contributed by atoms with van der Waals surface area (Å²) in [4.78, 5) is 24.8. The molecule has 0 bridgehead atoms. The highest BCUT2D eigenvalue weighted by molar-refractivity contribution is 5.74. The zero-order valence-corrected chi connectivity index (χ0v) is 6.90. The van der Waals surface area contributed by atoms with Gasteiger partial charge in [-0.2, -0.15) is 10.1 Å². The second-order valence-electron chi connectivity index (χ2n) is 2.10. The number of methoxy groups -OCH3 is 1. The summed E-state index contributed by atoms with van der Waals surface area (Å²) in [5, 5.41) is 8.14. The fourth-order valence-corrected chi connectivity index (χ4v) is 0.632. The molecule has 13 heavy (non-hydrogen) atoms. The molecule has 0 spiro atoms. The van der Waals surface area contributed by atoms with Gasteiger partial charge in [0.25, 0.3) is 0 Å². The molecule has 0 atom stereocenters. The van der Waals surface area contributed by atoms with Crippen molar-refractivity contribution in [3.8, 4) is 0 Å². The van der Waals surface area contributed by atoms with Crippen molar-refractivity contribution >= 4 is 11.8 Å². The smallest absolute Gasteiger partial charge is 0.363 e. The van der Waals surface area contributed by atoms with Gasteiger partial charge in [-0.1, -0.05) is 0 Å². The topological polar surface area (TPSA) is 97.0 Å². The zero-order chi connectivity index (χ0) is 9.68. The summed E-state index contributed by atoms with van der Waals surface area (Å²) in [7, 11) is 1.27.